The van der Waals surface area contributed by atoms with Crippen molar-refractivity contribution < 1.29 is 14.7 Å². The van der Waals surface area contributed by atoms with E-state index in [0.29, 0.717) is 19.0 Å². The summed E-state index contributed by atoms with van der Waals surface area (Å²) in [4.78, 5) is 28.8. The molecule has 1 N–H and O–H groups in total. The lowest BCUT2D eigenvalue weighted by atomic mass is 9.97. The molecule has 6 heteroatoms. The molecule has 21 heavy (non-hydrogen) atoms. The number of likely N-dealkylation sites (tertiary alicyclic amines) is 1. The molecule has 0 aromatic carbocycles. The van der Waals surface area contributed by atoms with Gasteiger partial charge >= 0.3 is 12.0 Å². The molecule has 0 aliphatic carbocycles. The molecule has 0 aromatic heterocycles. The van der Waals surface area contributed by atoms with Gasteiger partial charge in [-0.2, -0.15) is 0 Å². The second-order valence-corrected chi connectivity index (χ2v) is 6.58. The molecule has 2 amide bonds. The van der Waals surface area contributed by atoms with Gasteiger partial charge in [0.2, 0.25) is 0 Å². The smallest absolute Gasteiger partial charge is 0.323 e. The van der Waals surface area contributed by atoms with Crippen molar-refractivity contribution in [3.63, 3.8) is 0 Å². The first kappa shape index (κ1) is 17.8. The molecule has 1 saturated heterocycles. The number of amides is 2. The Labute approximate surface area is 127 Å². The minimum absolute atomic E-state index is 0.176. The molecule has 0 saturated carbocycles. The zero-order chi connectivity index (χ0) is 16.0. The number of piperidine rings is 1. The summed E-state index contributed by atoms with van der Waals surface area (Å²) in [5.41, 5.74) is 0. The zero-order valence-electron chi connectivity index (χ0n) is 13.7. The highest BCUT2D eigenvalue weighted by molar-refractivity contribution is 5.80. The molecule has 0 bridgehead atoms. The highest BCUT2D eigenvalue weighted by Crippen LogP contribution is 2.17. The van der Waals surface area contributed by atoms with Crippen molar-refractivity contribution in [1.29, 1.82) is 0 Å². The highest BCUT2D eigenvalue weighted by Gasteiger charge is 2.25. The van der Waals surface area contributed by atoms with Gasteiger partial charge in [-0.15, -0.1) is 0 Å². The average Bonchev–Trinajstić information content (AvgIpc) is 2.38. The van der Waals surface area contributed by atoms with Crippen molar-refractivity contribution in [3.05, 3.63) is 0 Å². The average molecular weight is 299 g/mol. The Morgan fingerprint density at radius 2 is 1.86 bits per heavy atom. The molecule has 0 unspecified atom stereocenters. The van der Waals surface area contributed by atoms with E-state index in [9.17, 15) is 9.59 Å². The molecule has 1 rings (SSSR count). The molecule has 6 nitrogen and oxygen atoms in total. The van der Waals surface area contributed by atoms with E-state index >= 15 is 0 Å². The number of rotatable bonds is 6. The van der Waals surface area contributed by atoms with Crippen molar-refractivity contribution in [2.75, 3.05) is 46.8 Å². The molecular formula is C15H29N3O3. The molecule has 1 aliphatic heterocycles. The van der Waals surface area contributed by atoms with Crippen LogP contribution < -0.4 is 0 Å². The quantitative estimate of drug-likeness (QED) is 0.806. The Morgan fingerprint density at radius 1 is 1.29 bits per heavy atom. The topological polar surface area (TPSA) is 64.1 Å². The van der Waals surface area contributed by atoms with Gasteiger partial charge in [-0.25, -0.2) is 4.79 Å². The Bertz CT molecular complexity index is 352. The SMILES string of the molecule is CC(C)CN(CC(=O)O)C(=O)N(C)CC1CCN(C)CC1. The summed E-state index contributed by atoms with van der Waals surface area (Å²) in [6.45, 7) is 7.06. The predicted octanol–water partition coefficient (Wildman–Crippen LogP) is 1.42. The van der Waals surface area contributed by atoms with Crippen LogP contribution >= 0.6 is 0 Å². The number of aliphatic carboxylic acids is 1. The summed E-state index contributed by atoms with van der Waals surface area (Å²) in [7, 11) is 3.89. The molecule has 122 valence electrons. The van der Waals surface area contributed by atoms with Crippen LogP contribution in [0.2, 0.25) is 0 Å². The summed E-state index contributed by atoms with van der Waals surface area (Å²) >= 11 is 0. The van der Waals surface area contributed by atoms with E-state index in [0.717, 1.165) is 25.9 Å². The molecule has 0 atom stereocenters. The van der Waals surface area contributed by atoms with Gasteiger partial charge in [-0.3, -0.25) is 4.79 Å². The van der Waals surface area contributed by atoms with E-state index in [2.05, 4.69) is 11.9 Å². The maximum atomic E-state index is 12.4. The number of hydrogen-bond acceptors (Lipinski definition) is 3. The molecule has 1 heterocycles. The third-order valence-electron chi connectivity index (χ3n) is 3.88. The van der Waals surface area contributed by atoms with Gasteiger partial charge in [-0.1, -0.05) is 13.8 Å². The van der Waals surface area contributed by atoms with Crippen LogP contribution in [0, 0.1) is 11.8 Å². The Balaban J connectivity index is 2.54. The summed E-state index contributed by atoms with van der Waals surface area (Å²) in [5, 5.41) is 8.96. The Morgan fingerprint density at radius 3 is 2.33 bits per heavy atom. The van der Waals surface area contributed by atoms with Gasteiger partial charge in [0.05, 0.1) is 0 Å². The van der Waals surface area contributed by atoms with Gasteiger partial charge in [0.15, 0.2) is 0 Å². The van der Waals surface area contributed by atoms with Crippen LogP contribution in [0.5, 0.6) is 0 Å². The summed E-state index contributed by atoms with van der Waals surface area (Å²) in [5.74, 6) is -0.192. The predicted molar refractivity (Wildman–Crippen MR) is 82.3 cm³/mol. The fraction of sp³-hybridized carbons (Fsp3) is 0.867. The summed E-state index contributed by atoms with van der Waals surface area (Å²) in [6.07, 6.45) is 2.19. The highest BCUT2D eigenvalue weighted by atomic mass is 16.4. The maximum Gasteiger partial charge on any atom is 0.323 e. The van der Waals surface area contributed by atoms with Crippen LogP contribution in [0.1, 0.15) is 26.7 Å². The third kappa shape index (κ3) is 6.33. The molecule has 1 aliphatic rings. The number of nitrogens with zero attached hydrogens (tertiary/aromatic N) is 3. The van der Waals surface area contributed by atoms with Crippen molar-refractivity contribution in [2.24, 2.45) is 11.8 Å². The lowest BCUT2D eigenvalue weighted by Gasteiger charge is -2.34. The van der Waals surface area contributed by atoms with Gasteiger partial charge in [0, 0.05) is 20.1 Å². The fourth-order valence-electron chi connectivity index (χ4n) is 2.77. The number of hydrogen-bond donors (Lipinski definition) is 1. The van der Waals surface area contributed by atoms with Crippen LogP contribution in [0.15, 0.2) is 0 Å². The normalized spacial score (nSPS) is 17.0. The minimum atomic E-state index is -0.961. The van der Waals surface area contributed by atoms with Crippen LogP contribution in [0.25, 0.3) is 0 Å². The van der Waals surface area contributed by atoms with E-state index in [1.807, 2.05) is 13.8 Å². The van der Waals surface area contributed by atoms with Crippen LogP contribution in [0.3, 0.4) is 0 Å². The van der Waals surface area contributed by atoms with E-state index in [-0.39, 0.29) is 18.5 Å². The van der Waals surface area contributed by atoms with Crippen molar-refractivity contribution in [3.8, 4) is 0 Å². The number of urea groups is 1. The zero-order valence-corrected chi connectivity index (χ0v) is 13.7. The van der Waals surface area contributed by atoms with Crippen molar-refractivity contribution >= 4 is 12.0 Å². The monoisotopic (exact) mass is 299 g/mol. The first-order valence-electron chi connectivity index (χ1n) is 7.70. The van der Waals surface area contributed by atoms with Gasteiger partial charge in [0.25, 0.3) is 0 Å². The third-order valence-corrected chi connectivity index (χ3v) is 3.88. The summed E-state index contributed by atoms with van der Waals surface area (Å²) in [6, 6.07) is -0.176. The van der Waals surface area contributed by atoms with E-state index in [4.69, 9.17) is 5.11 Å². The molecule has 0 aromatic rings. The first-order valence-corrected chi connectivity index (χ1v) is 7.70. The Hall–Kier alpha value is -1.30. The lowest BCUT2D eigenvalue weighted by Crippen LogP contribution is -2.47. The fourth-order valence-corrected chi connectivity index (χ4v) is 2.77. The molecule has 0 radical (unpaired) electrons. The van der Waals surface area contributed by atoms with E-state index < -0.39 is 5.97 Å². The van der Waals surface area contributed by atoms with E-state index in [1.54, 1.807) is 11.9 Å². The van der Waals surface area contributed by atoms with Gasteiger partial charge in [-0.05, 0) is 44.8 Å². The summed E-state index contributed by atoms with van der Waals surface area (Å²) < 4.78 is 0. The van der Waals surface area contributed by atoms with E-state index in [1.165, 1.54) is 4.90 Å². The number of carboxylic acid groups (broad SMARTS) is 1. The molecule has 0 spiro atoms. The Kier molecular flexibility index (Phi) is 6.95. The number of carboxylic acids is 1. The molecule has 1 fully saturated rings. The van der Waals surface area contributed by atoms with Gasteiger partial charge < -0.3 is 19.8 Å². The lowest BCUT2D eigenvalue weighted by molar-refractivity contribution is -0.137. The van der Waals surface area contributed by atoms with Crippen molar-refractivity contribution in [1.82, 2.24) is 14.7 Å². The number of carbonyl (C=O) groups is 2. The van der Waals surface area contributed by atoms with Crippen molar-refractivity contribution in [2.45, 2.75) is 26.7 Å². The largest absolute Gasteiger partial charge is 0.480 e. The molecular weight excluding hydrogens is 270 g/mol. The standard InChI is InChI=1S/C15H29N3O3/c1-12(2)9-18(11-14(19)20)15(21)17(4)10-13-5-7-16(3)8-6-13/h12-13H,5-11H2,1-4H3,(H,19,20). The second kappa shape index (κ2) is 8.22. The second-order valence-electron chi connectivity index (χ2n) is 6.58. The van der Waals surface area contributed by atoms with Gasteiger partial charge in [0.1, 0.15) is 6.54 Å². The van der Waals surface area contributed by atoms with Crippen LogP contribution in [0.4, 0.5) is 4.79 Å². The number of carbonyl (C=O) groups excluding carboxylic acids is 1. The minimum Gasteiger partial charge on any atom is -0.480 e. The first-order chi connectivity index (χ1) is 9.79. The van der Waals surface area contributed by atoms with Crippen LogP contribution in [-0.4, -0.2) is 78.6 Å². The van der Waals surface area contributed by atoms with Crippen LogP contribution in [-0.2, 0) is 4.79 Å². The maximum absolute atomic E-state index is 12.4.